The third-order valence-electron chi connectivity index (χ3n) is 1.87. The van der Waals surface area contributed by atoms with Gasteiger partial charge in [-0.15, -0.1) is 0 Å². The Hall–Kier alpha value is -1.36. The minimum Gasteiger partial charge on any atom is -0.207 e. The van der Waals surface area contributed by atoms with Crippen molar-refractivity contribution >= 4 is 0 Å². The minimum absolute atomic E-state index is 0.222. The van der Waals surface area contributed by atoms with Crippen LogP contribution in [0.15, 0.2) is 12.1 Å². The molecule has 0 bridgehead atoms. The Labute approximate surface area is 71.4 Å². The number of nitriles is 1. The molecule has 12 heavy (non-hydrogen) atoms. The maximum absolute atomic E-state index is 13.1. The molecule has 0 aromatic heterocycles. The van der Waals surface area contributed by atoms with Gasteiger partial charge in [0, 0.05) is 0 Å². The van der Waals surface area contributed by atoms with Crippen molar-refractivity contribution in [1.82, 2.24) is 0 Å². The van der Waals surface area contributed by atoms with Crippen LogP contribution in [0.1, 0.15) is 16.7 Å². The average molecular weight is 163 g/mol. The molecule has 0 fully saturated rings. The molecule has 0 aliphatic rings. The van der Waals surface area contributed by atoms with E-state index in [-0.39, 0.29) is 12.2 Å². The number of halogens is 1. The SMILES string of the molecule is Cc1cc(F)c(C)c(CC#N)c1. The summed E-state index contributed by atoms with van der Waals surface area (Å²) in [4.78, 5) is 0. The van der Waals surface area contributed by atoms with E-state index in [0.717, 1.165) is 11.1 Å². The van der Waals surface area contributed by atoms with E-state index in [1.165, 1.54) is 6.07 Å². The van der Waals surface area contributed by atoms with Crippen molar-refractivity contribution in [3.63, 3.8) is 0 Å². The summed E-state index contributed by atoms with van der Waals surface area (Å²) in [6, 6.07) is 5.34. The molecule has 1 aromatic rings. The largest absolute Gasteiger partial charge is 0.207 e. The third-order valence-corrected chi connectivity index (χ3v) is 1.87. The van der Waals surface area contributed by atoms with E-state index >= 15 is 0 Å². The first-order chi connectivity index (χ1) is 5.65. The van der Waals surface area contributed by atoms with Crippen molar-refractivity contribution in [3.8, 4) is 6.07 Å². The van der Waals surface area contributed by atoms with Crippen molar-refractivity contribution < 1.29 is 4.39 Å². The first-order valence-corrected chi connectivity index (χ1v) is 3.77. The molecular formula is C10H10FN. The van der Waals surface area contributed by atoms with Crippen LogP contribution in [0.2, 0.25) is 0 Å². The van der Waals surface area contributed by atoms with Crippen molar-refractivity contribution in [2.45, 2.75) is 20.3 Å². The first-order valence-electron chi connectivity index (χ1n) is 3.77. The third kappa shape index (κ3) is 1.62. The minimum atomic E-state index is -0.222. The van der Waals surface area contributed by atoms with Gasteiger partial charge in [0.1, 0.15) is 5.82 Å². The summed E-state index contributed by atoms with van der Waals surface area (Å²) in [6.07, 6.45) is 0.282. The maximum Gasteiger partial charge on any atom is 0.126 e. The van der Waals surface area contributed by atoms with E-state index in [1.54, 1.807) is 6.92 Å². The van der Waals surface area contributed by atoms with Crippen LogP contribution in [-0.2, 0) is 6.42 Å². The van der Waals surface area contributed by atoms with E-state index in [2.05, 4.69) is 0 Å². The lowest BCUT2D eigenvalue weighted by atomic mass is 10.0. The van der Waals surface area contributed by atoms with Gasteiger partial charge in [0.05, 0.1) is 12.5 Å². The highest BCUT2D eigenvalue weighted by molar-refractivity contribution is 5.33. The van der Waals surface area contributed by atoms with Crippen molar-refractivity contribution in [2.24, 2.45) is 0 Å². The summed E-state index contributed by atoms with van der Waals surface area (Å²) in [5.41, 5.74) is 2.24. The van der Waals surface area contributed by atoms with Gasteiger partial charge in [0.15, 0.2) is 0 Å². The molecule has 2 heteroatoms. The molecular weight excluding hydrogens is 153 g/mol. The number of hydrogen-bond donors (Lipinski definition) is 0. The molecule has 0 atom stereocenters. The molecule has 0 N–H and O–H groups in total. The second kappa shape index (κ2) is 3.36. The van der Waals surface area contributed by atoms with Gasteiger partial charge in [0.2, 0.25) is 0 Å². The zero-order valence-corrected chi connectivity index (χ0v) is 7.19. The quantitative estimate of drug-likeness (QED) is 0.624. The molecule has 0 unspecified atom stereocenters. The van der Waals surface area contributed by atoms with Gasteiger partial charge in [-0.1, -0.05) is 6.07 Å². The van der Waals surface area contributed by atoms with Crippen LogP contribution in [0.5, 0.6) is 0 Å². The second-order valence-electron chi connectivity index (χ2n) is 2.87. The Morgan fingerprint density at radius 3 is 2.67 bits per heavy atom. The molecule has 0 saturated carbocycles. The van der Waals surface area contributed by atoms with Gasteiger partial charge in [-0.3, -0.25) is 0 Å². The summed E-state index contributed by atoms with van der Waals surface area (Å²) in [5, 5.41) is 8.45. The highest BCUT2D eigenvalue weighted by atomic mass is 19.1. The predicted octanol–water partition coefficient (Wildman–Crippen LogP) is 2.51. The molecule has 0 aliphatic carbocycles. The van der Waals surface area contributed by atoms with Crippen LogP contribution in [0.4, 0.5) is 4.39 Å². The molecule has 0 heterocycles. The fourth-order valence-electron chi connectivity index (χ4n) is 1.16. The summed E-state index contributed by atoms with van der Waals surface area (Å²) in [7, 11) is 0. The lowest BCUT2D eigenvalue weighted by Crippen LogP contribution is -1.93. The van der Waals surface area contributed by atoms with E-state index in [9.17, 15) is 4.39 Å². The Morgan fingerprint density at radius 1 is 1.42 bits per heavy atom. The van der Waals surface area contributed by atoms with Crippen molar-refractivity contribution in [3.05, 3.63) is 34.6 Å². The van der Waals surface area contributed by atoms with Crippen LogP contribution in [0.25, 0.3) is 0 Å². The fraction of sp³-hybridized carbons (Fsp3) is 0.300. The highest BCUT2D eigenvalue weighted by Crippen LogP contribution is 2.15. The fourth-order valence-corrected chi connectivity index (χ4v) is 1.16. The predicted molar refractivity (Wildman–Crippen MR) is 45.2 cm³/mol. The van der Waals surface area contributed by atoms with E-state index in [4.69, 9.17) is 5.26 Å². The zero-order chi connectivity index (χ0) is 9.14. The summed E-state index contributed by atoms with van der Waals surface area (Å²) < 4.78 is 13.1. The molecule has 0 aliphatic heterocycles. The standard InChI is InChI=1S/C10H10FN/c1-7-5-9(3-4-12)8(2)10(11)6-7/h5-6H,3H2,1-2H3. The molecule has 1 rings (SSSR count). The molecule has 0 spiro atoms. The van der Waals surface area contributed by atoms with Gasteiger partial charge < -0.3 is 0 Å². The summed E-state index contributed by atoms with van der Waals surface area (Å²) >= 11 is 0. The van der Waals surface area contributed by atoms with Crippen LogP contribution in [0, 0.1) is 31.0 Å². The van der Waals surface area contributed by atoms with Crippen LogP contribution >= 0.6 is 0 Å². The number of rotatable bonds is 1. The number of benzene rings is 1. The Kier molecular flexibility index (Phi) is 2.44. The van der Waals surface area contributed by atoms with Gasteiger partial charge in [-0.05, 0) is 36.6 Å². The van der Waals surface area contributed by atoms with Crippen LogP contribution in [0.3, 0.4) is 0 Å². The van der Waals surface area contributed by atoms with Gasteiger partial charge in [-0.25, -0.2) is 4.39 Å². The average Bonchev–Trinajstić information content (AvgIpc) is 2.00. The van der Waals surface area contributed by atoms with Gasteiger partial charge in [-0.2, -0.15) is 5.26 Å². The van der Waals surface area contributed by atoms with E-state index in [1.807, 2.05) is 19.1 Å². The number of aryl methyl sites for hydroxylation is 1. The first kappa shape index (κ1) is 8.73. The van der Waals surface area contributed by atoms with Crippen LogP contribution < -0.4 is 0 Å². The molecule has 0 radical (unpaired) electrons. The smallest absolute Gasteiger partial charge is 0.126 e. The van der Waals surface area contributed by atoms with E-state index < -0.39 is 0 Å². The Balaban J connectivity index is 3.20. The summed E-state index contributed by atoms with van der Waals surface area (Å²) in [6.45, 7) is 3.52. The zero-order valence-electron chi connectivity index (χ0n) is 7.19. The van der Waals surface area contributed by atoms with E-state index in [0.29, 0.717) is 5.56 Å². The molecule has 0 amide bonds. The molecule has 62 valence electrons. The molecule has 0 saturated heterocycles. The molecule has 1 aromatic carbocycles. The highest BCUT2D eigenvalue weighted by Gasteiger charge is 2.03. The lowest BCUT2D eigenvalue weighted by Gasteiger charge is -2.03. The lowest BCUT2D eigenvalue weighted by molar-refractivity contribution is 0.615. The topological polar surface area (TPSA) is 23.8 Å². The summed E-state index contributed by atoms with van der Waals surface area (Å²) in [5.74, 6) is -0.222. The Morgan fingerprint density at radius 2 is 2.08 bits per heavy atom. The Bertz CT molecular complexity index is 336. The van der Waals surface area contributed by atoms with Gasteiger partial charge in [0.25, 0.3) is 0 Å². The second-order valence-corrected chi connectivity index (χ2v) is 2.87. The molecule has 1 nitrogen and oxygen atoms in total. The van der Waals surface area contributed by atoms with Gasteiger partial charge >= 0.3 is 0 Å². The number of nitrogens with zero attached hydrogens (tertiary/aromatic N) is 1. The van der Waals surface area contributed by atoms with Crippen molar-refractivity contribution in [1.29, 1.82) is 5.26 Å². The van der Waals surface area contributed by atoms with Crippen LogP contribution in [-0.4, -0.2) is 0 Å². The monoisotopic (exact) mass is 163 g/mol. The normalized spacial score (nSPS) is 9.50. The maximum atomic E-state index is 13.1. The number of hydrogen-bond acceptors (Lipinski definition) is 1. The van der Waals surface area contributed by atoms with Crippen molar-refractivity contribution in [2.75, 3.05) is 0 Å².